The Morgan fingerprint density at radius 1 is 1.36 bits per heavy atom. The highest BCUT2D eigenvalue weighted by Crippen LogP contribution is 2.27. The van der Waals surface area contributed by atoms with Crippen molar-refractivity contribution in [1.29, 1.82) is 0 Å². The van der Waals surface area contributed by atoms with Crippen molar-refractivity contribution in [1.82, 2.24) is 10.2 Å². The smallest absolute Gasteiger partial charge is 0.320 e. The van der Waals surface area contributed by atoms with Crippen LogP contribution in [0.15, 0.2) is 24.3 Å². The van der Waals surface area contributed by atoms with Crippen LogP contribution in [0.3, 0.4) is 0 Å². The third-order valence-electron chi connectivity index (χ3n) is 4.24. The molecule has 0 bridgehead atoms. The van der Waals surface area contributed by atoms with Gasteiger partial charge in [-0.25, -0.2) is 0 Å². The lowest BCUT2D eigenvalue weighted by Crippen LogP contribution is -2.44. The predicted octanol–water partition coefficient (Wildman–Crippen LogP) is 0.655. The Labute approximate surface area is 129 Å². The molecule has 2 N–H and O–H groups in total. The predicted molar refractivity (Wildman–Crippen MR) is 79.8 cm³/mol. The Morgan fingerprint density at radius 2 is 2.18 bits per heavy atom. The van der Waals surface area contributed by atoms with E-state index in [9.17, 15) is 9.59 Å². The van der Waals surface area contributed by atoms with Gasteiger partial charge in [-0.15, -0.1) is 0 Å². The number of benzene rings is 1. The summed E-state index contributed by atoms with van der Waals surface area (Å²) < 4.78 is 5.76. The fraction of sp³-hybridized carbons (Fsp3) is 0.500. The number of ether oxygens (including phenoxy) is 1. The first-order valence-electron chi connectivity index (χ1n) is 7.61. The number of hydrogen-bond donors (Lipinski definition) is 2. The molecule has 0 spiro atoms. The molecule has 118 valence electrons. The summed E-state index contributed by atoms with van der Waals surface area (Å²) in [5, 5.41) is 12.0. The van der Waals surface area contributed by atoms with E-state index in [2.05, 4.69) is 5.32 Å². The molecule has 1 aromatic rings. The van der Waals surface area contributed by atoms with Gasteiger partial charge in [0.05, 0.1) is 13.1 Å². The van der Waals surface area contributed by atoms with Gasteiger partial charge in [-0.1, -0.05) is 18.2 Å². The maximum atomic E-state index is 12.0. The largest absolute Gasteiger partial charge is 0.488 e. The van der Waals surface area contributed by atoms with Crippen molar-refractivity contribution in [2.45, 2.75) is 31.4 Å². The van der Waals surface area contributed by atoms with E-state index in [1.165, 1.54) is 0 Å². The topological polar surface area (TPSA) is 78.9 Å². The highest BCUT2D eigenvalue weighted by molar-refractivity contribution is 5.80. The van der Waals surface area contributed by atoms with Crippen LogP contribution >= 0.6 is 0 Å². The molecule has 1 saturated heterocycles. The molecule has 2 aliphatic rings. The van der Waals surface area contributed by atoms with Gasteiger partial charge in [0.25, 0.3) is 0 Å². The molecule has 3 rings (SSSR count). The van der Waals surface area contributed by atoms with Crippen LogP contribution in [0.1, 0.15) is 18.4 Å². The molecule has 1 amide bonds. The van der Waals surface area contributed by atoms with E-state index < -0.39 is 12.0 Å². The first kappa shape index (κ1) is 14.8. The van der Waals surface area contributed by atoms with Gasteiger partial charge < -0.3 is 15.2 Å². The van der Waals surface area contributed by atoms with Gasteiger partial charge in [0.1, 0.15) is 17.9 Å². The number of carbonyl (C=O) groups excluding carboxylic acids is 1. The van der Waals surface area contributed by atoms with Crippen molar-refractivity contribution < 1.29 is 19.4 Å². The van der Waals surface area contributed by atoms with E-state index in [4.69, 9.17) is 9.84 Å². The molecule has 6 heteroatoms. The zero-order valence-electron chi connectivity index (χ0n) is 12.3. The van der Waals surface area contributed by atoms with Crippen LogP contribution in [-0.2, 0) is 16.0 Å². The number of nitrogens with one attached hydrogen (secondary N) is 1. The van der Waals surface area contributed by atoms with Crippen molar-refractivity contribution >= 4 is 11.9 Å². The maximum absolute atomic E-state index is 12.0. The Balaban J connectivity index is 1.45. The van der Waals surface area contributed by atoms with Gasteiger partial charge in [0.2, 0.25) is 5.91 Å². The summed E-state index contributed by atoms with van der Waals surface area (Å²) in [5.74, 6) is -0.111. The summed E-state index contributed by atoms with van der Waals surface area (Å²) in [5.41, 5.74) is 1.16. The number of rotatable bonds is 5. The highest BCUT2D eigenvalue weighted by atomic mass is 16.5. The number of carbonyl (C=O) groups is 2. The number of carboxylic acid groups (broad SMARTS) is 1. The van der Waals surface area contributed by atoms with Crippen molar-refractivity contribution in [2.24, 2.45) is 0 Å². The third kappa shape index (κ3) is 3.22. The van der Waals surface area contributed by atoms with Crippen LogP contribution in [0, 0.1) is 0 Å². The molecule has 2 atom stereocenters. The molecule has 0 saturated carbocycles. The second-order valence-corrected chi connectivity index (χ2v) is 5.82. The van der Waals surface area contributed by atoms with Gasteiger partial charge in [-0.3, -0.25) is 14.5 Å². The van der Waals surface area contributed by atoms with Crippen LogP contribution in [0.2, 0.25) is 0 Å². The Morgan fingerprint density at radius 3 is 2.95 bits per heavy atom. The summed E-state index contributed by atoms with van der Waals surface area (Å²) in [6, 6.07) is 7.33. The number of amides is 1. The summed E-state index contributed by atoms with van der Waals surface area (Å²) in [7, 11) is 0. The normalized spacial score (nSPS) is 23.8. The Hall–Kier alpha value is -2.08. The minimum atomic E-state index is -0.847. The lowest BCUT2D eigenvalue weighted by atomic mass is 10.1. The van der Waals surface area contributed by atoms with E-state index in [0.29, 0.717) is 19.5 Å². The van der Waals surface area contributed by atoms with E-state index in [1.807, 2.05) is 24.3 Å². The molecule has 1 fully saturated rings. The van der Waals surface area contributed by atoms with Gasteiger partial charge >= 0.3 is 5.97 Å². The average molecular weight is 304 g/mol. The molecule has 0 radical (unpaired) electrons. The Kier molecular flexibility index (Phi) is 4.29. The van der Waals surface area contributed by atoms with Crippen LogP contribution in [0.4, 0.5) is 0 Å². The summed E-state index contributed by atoms with van der Waals surface area (Å²) in [6.45, 7) is 1.24. The van der Waals surface area contributed by atoms with E-state index >= 15 is 0 Å². The number of carboxylic acids is 1. The van der Waals surface area contributed by atoms with Gasteiger partial charge in [-0.05, 0) is 31.0 Å². The number of fused-ring (bicyclic) bond motifs is 1. The zero-order chi connectivity index (χ0) is 15.5. The number of nitrogens with zero attached hydrogens (tertiary/aromatic N) is 1. The lowest BCUT2D eigenvalue weighted by molar-refractivity contribution is -0.142. The lowest BCUT2D eigenvalue weighted by Gasteiger charge is -2.20. The third-order valence-corrected chi connectivity index (χ3v) is 4.24. The van der Waals surface area contributed by atoms with Crippen molar-refractivity contribution in [3.63, 3.8) is 0 Å². The highest BCUT2D eigenvalue weighted by Gasteiger charge is 2.31. The van der Waals surface area contributed by atoms with E-state index in [1.54, 1.807) is 4.90 Å². The SMILES string of the molecule is O=C(CN1CCC[C@H]1C(=O)O)NC[C@H]1Cc2ccccc2O1. The van der Waals surface area contributed by atoms with Crippen molar-refractivity contribution in [3.8, 4) is 5.75 Å². The van der Waals surface area contributed by atoms with Crippen LogP contribution < -0.4 is 10.1 Å². The molecule has 0 aliphatic carbocycles. The number of aliphatic carboxylic acids is 1. The van der Waals surface area contributed by atoms with Gasteiger partial charge in [-0.2, -0.15) is 0 Å². The maximum Gasteiger partial charge on any atom is 0.320 e. The van der Waals surface area contributed by atoms with E-state index in [0.717, 1.165) is 24.2 Å². The summed E-state index contributed by atoms with van der Waals surface area (Å²) in [6.07, 6.45) is 2.18. The molecule has 22 heavy (non-hydrogen) atoms. The standard InChI is InChI=1S/C16H20N2O4/c19-15(10-18-7-3-5-13(18)16(20)21)17-9-12-8-11-4-1-2-6-14(11)22-12/h1-2,4,6,12-13H,3,5,7-10H2,(H,17,19)(H,20,21)/t12-,13+/m1/s1. The minimum Gasteiger partial charge on any atom is -0.488 e. The monoisotopic (exact) mass is 304 g/mol. The number of likely N-dealkylation sites (tertiary alicyclic amines) is 1. The second kappa shape index (κ2) is 6.36. The average Bonchev–Trinajstić information content (AvgIpc) is 3.10. The van der Waals surface area contributed by atoms with Gasteiger partial charge in [0.15, 0.2) is 0 Å². The zero-order valence-corrected chi connectivity index (χ0v) is 12.3. The summed E-state index contributed by atoms with van der Waals surface area (Å²) in [4.78, 5) is 24.8. The molecular weight excluding hydrogens is 284 g/mol. The molecule has 1 aromatic carbocycles. The molecule has 0 unspecified atom stereocenters. The second-order valence-electron chi connectivity index (χ2n) is 5.82. The van der Waals surface area contributed by atoms with Crippen LogP contribution in [0.25, 0.3) is 0 Å². The fourth-order valence-corrected chi connectivity index (χ4v) is 3.13. The Bertz CT molecular complexity index is 550. The number of hydrogen-bond acceptors (Lipinski definition) is 4. The summed E-state index contributed by atoms with van der Waals surface area (Å²) >= 11 is 0. The molecule has 2 aliphatic heterocycles. The van der Waals surface area contributed by atoms with Crippen LogP contribution in [0.5, 0.6) is 5.75 Å². The molecular formula is C16H20N2O4. The van der Waals surface area contributed by atoms with E-state index in [-0.39, 0.29) is 18.6 Å². The molecule has 2 heterocycles. The molecule has 0 aromatic heterocycles. The van der Waals surface area contributed by atoms with Crippen molar-refractivity contribution in [2.75, 3.05) is 19.6 Å². The van der Waals surface area contributed by atoms with Gasteiger partial charge in [0, 0.05) is 6.42 Å². The van der Waals surface area contributed by atoms with Crippen LogP contribution in [-0.4, -0.2) is 53.7 Å². The molecule has 6 nitrogen and oxygen atoms in total. The number of para-hydroxylation sites is 1. The first-order chi connectivity index (χ1) is 10.6. The van der Waals surface area contributed by atoms with Crippen molar-refractivity contribution in [3.05, 3.63) is 29.8 Å². The first-order valence-corrected chi connectivity index (χ1v) is 7.61. The minimum absolute atomic E-state index is 0.0461. The fourth-order valence-electron chi connectivity index (χ4n) is 3.13. The quantitative estimate of drug-likeness (QED) is 0.835.